The van der Waals surface area contributed by atoms with Crippen LogP contribution < -0.4 is 5.48 Å². The molecule has 0 spiro atoms. The van der Waals surface area contributed by atoms with Crippen LogP contribution >= 0.6 is 23.2 Å². The fourth-order valence-electron chi connectivity index (χ4n) is 1.14. The van der Waals surface area contributed by atoms with Crippen molar-refractivity contribution >= 4 is 29.2 Å². The Morgan fingerprint density at radius 2 is 2.07 bits per heavy atom. The van der Waals surface area contributed by atoms with E-state index in [0.717, 1.165) is 0 Å². The summed E-state index contributed by atoms with van der Waals surface area (Å²) in [4.78, 5) is 10.5. The number of carbonyl (C=O) groups is 1. The van der Waals surface area contributed by atoms with Gasteiger partial charge in [-0.05, 0) is 17.7 Å². The number of carboxylic acids is 1. The minimum Gasteiger partial charge on any atom is -0.481 e. The van der Waals surface area contributed by atoms with Crippen molar-refractivity contribution < 1.29 is 15.1 Å². The van der Waals surface area contributed by atoms with Crippen LogP contribution in [-0.4, -0.2) is 16.3 Å². The maximum atomic E-state index is 10.5. The van der Waals surface area contributed by atoms with Gasteiger partial charge in [0.15, 0.2) is 0 Å². The minimum absolute atomic E-state index is 0.242. The second-order valence-corrected chi connectivity index (χ2v) is 3.77. The van der Waals surface area contributed by atoms with Crippen molar-refractivity contribution in [1.82, 2.24) is 5.48 Å². The Bertz CT molecular complexity index is 370. The first-order chi connectivity index (χ1) is 7.04. The molecule has 0 radical (unpaired) electrons. The molecule has 0 heterocycles. The van der Waals surface area contributed by atoms with E-state index in [1.54, 1.807) is 12.1 Å². The molecule has 3 N–H and O–H groups in total. The van der Waals surface area contributed by atoms with Gasteiger partial charge in [0, 0.05) is 0 Å². The highest BCUT2D eigenvalue weighted by molar-refractivity contribution is 6.42. The van der Waals surface area contributed by atoms with Crippen molar-refractivity contribution in [3.05, 3.63) is 33.8 Å². The lowest BCUT2D eigenvalue weighted by atomic mass is 10.1. The summed E-state index contributed by atoms with van der Waals surface area (Å²) < 4.78 is 0. The number of halogens is 2. The van der Waals surface area contributed by atoms with Crippen LogP contribution in [0.5, 0.6) is 0 Å². The smallest absolute Gasteiger partial charge is 0.305 e. The van der Waals surface area contributed by atoms with Gasteiger partial charge in [-0.2, -0.15) is 5.48 Å². The quantitative estimate of drug-likeness (QED) is 0.718. The van der Waals surface area contributed by atoms with Gasteiger partial charge in [-0.15, -0.1) is 0 Å². The molecule has 6 heteroatoms. The molecule has 1 rings (SSSR count). The Kier molecular flexibility index (Phi) is 4.35. The van der Waals surface area contributed by atoms with Gasteiger partial charge in [0.1, 0.15) is 0 Å². The summed E-state index contributed by atoms with van der Waals surface area (Å²) >= 11 is 11.5. The zero-order valence-electron chi connectivity index (χ0n) is 7.58. The zero-order valence-corrected chi connectivity index (χ0v) is 9.09. The molecule has 15 heavy (non-hydrogen) atoms. The third-order valence-electron chi connectivity index (χ3n) is 1.88. The number of hydrogen-bond donors (Lipinski definition) is 3. The molecule has 4 nitrogen and oxygen atoms in total. The van der Waals surface area contributed by atoms with Gasteiger partial charge in [-0.3, -0.25) is 4.79 Å². The van der Waals surface area contributed by atoms with E-state index >= 15 is 0 Å². The van der Waals surface area contributed by atoms with Gasteiger partial charge < -0.3 is 10.3 Å². The molecule has 0 bridgehead atoms. The minimum atomic E-state index is -1.02. The normalized spacial score (nSPS) is 12.5. The Morgan fingerprint density at radius 3 is 2.53 bits per heavy atom. The Morgan fingerprint density at radius 1 is 1.40 bits per heavy atom. The lowest BCUT2D eigenvalue weighted by Crippen LogP contribution is -2.20. The third kappa shape index (κ3) is 3.35. The topological polar surface area (TPSA) is 69.6 Å². The van der Waals surface area contributed by atoms with E-state index in [-0.39, 0.29) is 6.42 Å². The Hall–Kier alpha value is -0.810. The predicted molar refractivity (Wildman–Crippen MR) is 56.4 cm³/mol. The molecule has 1 unspecified atom stereocenters. The van der Waals surface area contributed by atoms with E-state index in [9.17, 15) is 4.79 Å². The first-order valence-electron chi connectivity index (χ1n) is 4.11. The van der Waals surface area contributed by atoms with E-state index < -0.39 is 12.0 Å². The maximum Gasteiger partial charge on any atom is 0.305 e. The second kappa shape index (κ2) is 5.32. The van der Waals surface area contributed by atoms with Gasteiger partial charge in [-0.1, -0.05) is 29.3 Å². The molecule has 0 aliphatic rings. The lowest BCUT2D eigenvalue weighted by Gasteiger charge is -2.13. The van der Waals surface area contributed by atoms with E-state index in [1.807, 2.05) is 5.48 Å². The van der Waals surface area contributed by atoms with Gasteiger partial charge in [0.2, 0.25) is 0 Å². The first-order valence-corrected chi connectivity index (χ1v) is 4.86. The summed E-state index contributed by atoms with van der Waals surface area (Å²) in [7, 11) is 0. The largest absolute Gasteiger partial charge is 0.481 e. The molecular formula is C9H9Cl2NO3. The van der Waals surface area contributed by atoms with E-state index in [4.69, 9.17) is 33.5 Å². The van der Waals surface area contributed by atoms with Crippen molar-refractivity contribution in [3.63, 3.8) is 0 Å². The van der Waals surface area contributed by atoms with E-state index in [1.165, 1.54) is 6.07 Å². The fourth-order valence-corrected chi connectivity index (χ4v) is 1.45. The van der Waals surface area contributed by atoms with Crippen molar-refractivity contribution in [2.45, 2.75) is 12.5 Å². The maximum absolute atomic E-state index is 10.5. The van der Waals surface area contributed by atoms with Crippen LogP contribution in [0.25, 0.3) is 0 Å². The number of benzene rings is 1. The standard InChI is InChI=1S/C9H9Cl2NO3/c10-6-2-1-5(3-7(6)11)8(12-15)4-9(13)14/h1-3,8,12,15H,4H2,(H,13,14). The molecule has 0 saturated heterocycles. The molecule has 0 aliphatic heterocycles. The van der Waals surface area contributed by atoms with Gasteiger partial charge in [0.05, 0.1) is 22.5 Å². The van der Waals surface area contributed by atoms with Crippen molar-refractivity contribution in [3.8, 4) is 0 Å². The number of rotatable bonds is 4. The van der Waals surface area contributed by atoms with Gasteiger partial charge in [0.25, 0.3) is 0 Å². The molecule has 0 aliphatic carbocycles. The van der Waals surface area contributed by atoms with Crippen LogP contribution in [0, 0.1) is 0 Å². The SMILES string of the molecule is O=C(O)CC(NO)c1ccc(Cl)c(Cl)c1. The second-order valence-electron chi connectivity index (χ2n) is 2.95. The summed E-state index contributed by atoms with van der Waals surface area (Å²) in [6.45, 7) is 0. The molecule has 1 atom stereocenters. The highest BCUT2D eigenvalue weighted by atomic mass is 35.5. The first kappa shape index (κ1) is 12.3. The van der Waals surface area contributed by atoms with Crippen molar-refractivity contribution in [2.75, 3.05) is 0 Å². The molecule has 0 aromatic heterocycles. The van der Waals surface area contributed by atoms with Crippen molar-refractivity contribution in [1.29, 1.82) is 0 Å². The predicted octanol–water partition coefficient (Wildman–Crippen LogP) is 2.49. The molecule has 1 aromatic rings. The summed E-state index contributed by atoms with van der Waals surface area (Å²) in [6, 6.07) is 3.97. The Labute approximate surface area is 96.4 Å². The van der Waals surface area contributed by atoms with Crippen LogP contribution in [0.4, 0.5) is 0 Å². The van der Waals surface area contributed by atoms with Gasteiger partial charge >= 0.3 is 5.97 Å². The van der Waals surface area contributed by atoms with Gasteiger partial charge in [-0.25, -0.2) is 0 Å². The van der Waals surface area contributed by atoms with E-state index in [2.05, 4.69) is 0 Å². The highest BCUT2D eigenvalue weighted by Crippen LogP contribution is 2.26. The van der Waals surface area contributed by atoms with Crippen LogP contribution in [0.15, 0.2) is 18.2 Å². The highest BCUT2D eigenvalue weighted by Gasteiger charge is 2.15. The number of aliphatic carboxylic acids is 1. The zero-order chi connectivity index (χ0) is 11.4. The molecule has 0 amide bonds. The molecular weight excluding hydrogens is 241 g/mol. The summed E-state index contributed by atoms with van der Waals surface area (Å²) in [5.74, 6) is -1.02. The van der Waals surface area contributed by atoms with Crippen LogP contribution in [0.3, 0.4) is 0 Å². The van der Waals surface area contributed by atoms with Crippen molar-refractivity contribution in [2.24, 2.45) is 0 Å². The average molecular weight is 250 g/mol. The Balaban J connectivity index is 2.92. The fraction of sp³-hybridized carbons (Fsp3) is 0.222. The molecule has 0 fully saturated rings. The lowest BCUT2D eigenvalue weighted by molar-refractivity contribution is -0.138. The molecule has 1 aromatic carbocycles. The number of carboxylic acid groups (broad SMARTS) is 1. The summed E-state index contributed by atoms with van der Waals surface area (Å²) in [6.07, 6.45) is -0.242. The third-order valence-corrected chi connectivity index (χ3v) is 2.62. The summed E-state index contributed by atoms with van der Waals surface area (Å²) in [5.41, 5.74) is 2.48. The summed E-state index contributed by atoms with van der Waals surface area (Å²) in [5, 5.41) is 18.1. The average Bonchev–Trinajstić information content (AvgIpc) is 2.18. The van der Waals surface area contributed by atoms with E-state index in [0.29, 0.717) is 15.6 Å². The van der Waals surface area contributed by atoms with Crippen LogP contribution in [0.2, 0.25) is 10.0 Å². The number of hydroxylamine groups is 1. The number of nitrogens with one attached hydrogen (secondary N) is 1. The number of hydrogen-bond acceptors (Lipinski definition) is 3. The monoisotopic (exact) mass is 249 g/mol. The molecule has 82 valence electrons. The van der Waals surface area contributed by atoms with Crippen LogP contribution in [-0.2, 0) is 4.79 Å². The van der Waals surface area contributed by atoms with Crippen LogP contribution in [0.1, 0.15) is 18.0 Å². The molecule has 0 saturated carbocycles.